The fraction of sp³-hybridized carbons (Fsp3) is 0.455. The van der Waals surface area contributed by atoms with Crippen molar-refractivity contribution >= 4 is 48.1 Å². The number of benzene rings is 2. The standard InChI is InChI=1S/C44H52F4N2O13S3/c1-43(2,3)32-25-29(62-37-24-28(13-15-31(32)37)49(20-21-61-5)18-8-22-64(52,53)54)10-6-11-38-44(4,17-7-12-39(51)63-42-40(47)34(45)27-35(46)41(42)48)33-26-30(66(58,59)60)14-16-36(33)50(38)19-9-23-65(55,56)57/h6,10-11,13-16,24-27,40,42H,7-9,12,17-23H2,1-5H3,(H2-,52,53,54,55,56,57,58,59,60)/p+1. The molecule has 0 bridgehead atoms. The van der Waals surface area contributed by atoms with Crippen molar-refractivity contribution in [1.29, 1.82) is 0 Å². The third kappa shape index (κ3) is 13.0. The Morgan fingerprint density at radius 2 is 1.62 bits per heavy atom. The predicted octanol–water partition coefficient (Wildman–Crippen LogP) is 7.02. The number of halogens is 4. The zero-order valence-electron chi connectivity index (χ0n) is 36.8. The SMILES string of the molecule is COCC[N+](CCCS(=O)(=O)O)=c1ccc2c(C(C)(C)C)cc(/C=C/C=C3/N(CCCS(=O)(=O)O)c4ccc(S(=O)(=O)O)cc4C3(C)CCCC(=O)OC3C(F)=C(F)C=C(F)C3F)oc-2c1. The number of methoxy groups -OCH3 is 1. The van der Waals surface area contributed by atoms with Gasteiger partial charge in [0.2, 0.25) is 5.36 Å². The topological polar surface area (TPSA) is 218 Å². The number of hydrogen-bond acceptors (Lipinski definition) is 11. The molecule has 3 unspecified atom stereocenters. The van der Waals surface area contributed by atoms with Crippen LogP contribution < -0.4 is 14.8 Å². The van der Waals surface area contributed by atoms with Crippen molar-refractivity contribution in [2.45, 2.75) is 87.8 Å². The Morgan fingerprint density at radius 1 is 0.939 bits per heavy atom. The lowest BCUT2D eigenvalue weighted by molar-refractivity contribution is -0.151. The number of allylic oxidation sites excluding steroid dienone is 5. The van der Waals surface area contributed by atoms with E-state index < -0.39 is 99.7 Å². The van der Waals surface area contributed by atoms with Gasteiger partial charge in [-0.15, -0.1) is 0 Å². The molecule has 0 aromatic heterocycles. The summed E-state index contributed by atoms with van der Waals surface area (Å²) in [6.07, 6.45) is -0.917. The molecule has 22 heteroatoms. The summed E-state index contributed by atoms with van der Waals surface area (Å²) >= 11 is 0. The van der Waals surface area contributed by atoms with E-state index in [0.717, 1.165) is 17.2 Å². The van der Waals surface area contributed by atoms with Gasteiger partial charge in [-0.1, -0.05) is 26.8 Å². The molecule has 1 aromatic carbocycles. The quantitative estimate of drug-likeness (QED) is 0.0476. The summed E-state index contributed by atoms with van der Waals surface area (Å²) in [5.41, 5.74) is 1.18. The number of nitrogens with zero attached hydrogens (tertiary/aromatic N) is 2. The molecule has 0 spiro atoms. The molecule has 2 aliphatic carbocycles. The molecule has 362 valence electrons. The Hall–Kier alpha value is -4.71. The molecule has 4 aliphatic rings. The highest BCUT2D eigenvalue weighted by Gasteiger charge is 2.44. The Labute approximate surface area is 381 Å². The number of rotatable bonds is 19. The molecule has 0 radical (unpaired) electrons. The summed E-state index contributed by atoms with van der Waals surface area (Å²) in [6, 6.07) is 11.2. The van der Waals surface area contributed by atoms with Gasteiger partial charge in [-0.05, 0) is 85.2 Å². The Kier molecular flexibility index (Phi) is 16.4. The van der Waals surface area contributed by atoms with E-state index in [1.165, 1.54) is 19.2 Å². The number of ether oxygens (including phenoxy) is 2. The van der Waals surface area contributed by atoms with Gasteiger partial charge >= 0.3 is 5.97 Å². The lowest BCUT2D eigenvalue weighted by Gasteiger charge is -2.30. The largest absolute Gasteiger partial charge is 0.456 e. The summed E-state index contributed by atoms with van der Waals surface area (Å²) in [6.45, 7) is 8.68. The van der Waals surface area contributed by atoms with Crippen LogP contribution in [0.5, 0.6) is 0 Å². The van der Waals surface area contributed by atoms with Crippen molar-refractivity contribution < 1.29 is 75.2 Å². The number of anilines is 1. The molecule has 66 heavy (non-hydrogen) atoms. The number of esters is 1. The minimum absolute atomic E-state index is 0.00965. The van der Waals surface area contributed by atoms with E-state index in [2.05, 4.69) is 0 Å². The van der Waals surface area contributed by atoms with E-state index in [1.54, 1.807) is 36.1 Å². The molecule has 2 aliphatic heterocycles. The number of carbonyl (C=O) groups is 1. The van der Waals surface area contributed by atoms with Crippen molar-refractivity contribution in [3.63, 3.8) is 0 Å². The molecule has 0 saturated carbocycles. The summed E-state index contributed by atoms with van der Waals surface area (Å²) < 4.78 is 175. The van der Waals surface area contributed by atoms with Crippen LogP contribution in [0.1, 0.15) is 76.7 Å². The second-order valence-electron chi connectivity index (χ2n) is 17.2. The van der Waals surface area contributed by atoms with E-state index in [-0.39, 0.29) is 44.8 Å². The summed E-state index contributed by atoms with van der Waals surface area (Å²) in [4.78, 5) is 14.1. The molecule has 15 nitrogen and oxygen atoms in total. The maximum Gasteiger partial charge on any atom is 0.306 e. The molecular weight excluding hydrogens is 937 g/mol. The smallest absolute Gasteiger partial charge is 0.306 e. The van der Waals surface area contributed by atoms with Crippen LogP contribution in [0.3, 0.4) is 0 Å². The normalized spacial score (nSPS) is 20.6. The number of carbonyl (C=O) groups excluding carboxylic acids is 1. The molecule has 3 atom stereocenters. The Morgan fingerprint density at radius 3 is 2.26 bits per heavy atom. The van der Waals surface area contributed by atoms with Gasteiger partial charge in [-0.2, -0.15) is 25.3 Å². The average Bonchev–Trinajstić information content (AvgIpc) is 3.43. The minimum atomic E-state index is -4.76. The maximum atomic E-state index is 14.4. The fourth-order valence-electron chi connectivity index (χ4n) is 8.02. The predicted molar refractivity (Wildman–Crippen MR) is 238 cm³/mol. The van der Waals surface area contributed by atoms with Crippen LogP contribution in [-0.4, -0.2) is 102 Å². The number of alkyl halides is 1. The lowest BCUT2D eigenvalue weighted by atomic mass is 9.77. The van der Waals surface area contributed by atoms with Gasteiger partial charge in [-0.3, -0.25) is 18.5 Å². The van der Waals surface area contributed by atoms with Gasteiger partial charge in [0.25, 0.3) is 30.4 Å². The molecular formula is C44H53F4N2O13S3+. The highest BCUT2D eigenvalue weighted by atomic mass is 32.2. The van der Waals surface area contributed by atoms with Gasteiger partial charge < -0.3 is 18.8 Å². The second kappa shape index (κ2) is 20.7. The molecule has 3 N–H and O–H groups in total. The summed E-state index contributed by atoms with van der Waals surface area (Å²) in [5, 5.41) is 0.691. The lowest BCUT2D eigenvalue weighted by Crippen LogP contribution is -2.34. The zero-order chi connectivity index (χ0) is 49.0. The maximum absolute atomic E-state index is 14.4. The van der Waals surface area contributed by atoms with Crippen molar-refractivity contribution in [1.82, 2.24) is 4.58 Å². The van der Waals surface area contributed by atoms with Crippen LogP contribution >= 0.6 is 0 Å². The third-order valence-electron chi connectivity index (χ3n) is 11.2. The van der Waals surface area contributed by atoms with Crippen molar-refractivity contribution in [2.75, 3.05) is 49.8 Å². The van der Waals surface area contributed by atoms with Crippen LogP contribution in [0.4, 0.5) is 23.2 Å². The van der Waals surface area contributed by atoms with Gasteiger partial charge in [-0.25, -0.2) is 22.1 Å². The van der Waals surface area contributed by atoms with Crippen LogP contribution in [-0.2, 0) is 55.5 Å². The summed E-state index contributed by atoms with van der Waals surface area (Å²) in [5.74, 6) is -6.61. The highest BCUT2D eigenvalue weighted by molar-refractivity contribution is 7.86. The van der Waals surface area contributed by atoms with E-state index in [0.29, 0.717) is 47.0 Å². The first kappa shape index (κ1) is 52.3. The fourth-order valence-corrected chi connectivity index (χ4v) is 9.51. The third-order valence-corrected chi connectivity index (χ3v) is 13.7. The highest BCUT2D eigenvalue weighted by Crippen LogP contribution is 2.51. The van der Waals surface area contributed by atoms with E-state index >= 15 is 0 Å². The Bertz CT molecular complexity index is 2830. The van der Waals surface area contributed by atoms with Gasteiger partial charge in [0.1, 0.15) is 30.5 Å². The molecule has 0 amide bonds. The zero-order valence-corrected chi connectivity index (χ0v) is 39.3. The molecule has 0 fully saturated rings. The average molecular weight is 990 g/mol. The van der Waals surface area contributed by atoms with E-state index in [9.17, 15) is 61.3 Å². The summed E-state index contributed by atoms with van der Waals surface area (Å²) in [7, 11) is -11.8. The Balaban J connectivity index is 1.59. The van der Waals surface area contributed by atoms with Crippen molar-refractivity contribution in [3.8, 4) is 11.3 Å². The molecule has 5 rings (SSSR count). The van der Waals surface area contributed by atoms with E-state index in [4.69, 9.17) is 13.9 Å². The second-order valence-corrected chi connectivity index (χ2v) is 21.8. The van der Waals surface area contributed by atoms with Crippen LogP contribution in [0, 0.1) is 0 Å². The number of fused-ring (bicyclic) bond motifs is 2. The van der Waals surface area contributed by atoms with Crippen molar-refractivity contribution in [2.24, 2.45) is 0 Å². The van der Waals surface area contributed by atoms with Gasteiger partial charge in [0, 0.05) is 61.0 Å². The number of hydrogen-bond donors (Lipinski definition) is 3. The molecule has 1 aromatic rings. The van der Waals surface area contributed by atoms with Gasteiger partial charge in [0.15, 0.2) is 30.5 Å². The first-order chi connectivity index (χ1) is 30.6. The van der Waals surface area contributed by atoms with Crippen molar-refractivity contribution in [3.05, 3.63) is 106 Å². The molecule has 2 heterocycles. The van der Waals surface area contributed by atoms with Crippen LogP contribution in [0.25, 0.3) is 17.4 Å². The first-order valence-corrected chi connectivity index (χ1v) is 25.4. The first-order valence-electron chi connectivity index (χ1n) is 20.7. The van der Waals surface area contributed by atoms with Crippen LogP contribution in [0.2, 0.25) is 0 Å². The van der Waals surface area contributed by atoms with E-state index in [1.807, 2.05) is 43.5 Å². The monoisotopic (exact) mass is 989 g/mol. The van der Waals surface area contributed by atoms with Gasteiger partial charge in [0.05, 0.1) is 22.5 Å². The van der Waals surface area contributed by atoms with Crippen LogP contribution in [0.15, 0.2) is 93.2 Å². The molecule has 0 saturated heterocycles. The minimum Gasteiger partial charge on any atom is -0.456 e.